The van der Waals surface area contributed by atoms with Crippen LogP contribution in [0, 0.1) is 0 Å². The average molecular weight is 398 g/mol. The van der Waals surface area contributed by atoms with Crippen molar-refractivity contribution in [3.05, 3.63) is 26.7 Å². The molecule has 0 saturated heterocycles. The van der Waals surface area contributed by atoms with Gasteiger partial charge in [0.05, 0.1) is 15.7 Å². The van der Waals surface area contributed by atoms with Gasteiger partial charge < -0.3 is 15.4 Å². The van der Waals surface area contributed by atoms with E-state index in [0.29, 0.717) is 22.3 Å². The fourth-order valence-corrected chi connectivity index (χ4v) is 2.85. The predicted molar refractivity (Wildman–Crippen MR) is 91.5 cm³/mol. The topological polar surface area (TPSA) is 50.4 Å². The molecule has 1 amide bonds. The Balaban J connectivity index is 2.55. The van der Waals surface area contributed by atoms with Crippen LogP contribution in [0.25, 0.3) is 0 Å². The molecular weight excluding hydrogens is 379 g/mol. The first-order valence-corrected chi connectivity index (χ1v) is 8.01. The van der Waals surface area contributed by atoms with Gasteiger partial charge in [0.15, 0.2) is 0 Å². The molecule has 0 bridgehead atoms. The van der Waals surface area contributed by atoms with Gasteiger partial charge in [-0.15, -0.1) is 0 Å². The smallest absolute Gasteiger partial charge is 0.407 e. The molecule has 1 aromatic rings. The van der Waals surface area contributed by atoms with Crippen LogP contribution in [0.1, 0.15) is 27.7 Å². The Labute approximate surface area is 143 Å². The molecule has 0 fully saturated rings. The van der Waals surface area contributed by atoms with E-state index in [1.165, 1.54) is 0 Å². The van der Waals surface area contributed by atoms with Crippen LogP contribution in [0.3, 0.4) is 0 Å². The largest absolute Gasteiger partial charge is 0.444 e. The molecule has 0 heterocycles. The highest BCUT2D eigenvalue weighted by Crippen LogP contribution is 2.34. The summed E-state index contributed by atoms with van der Waals surface area (Å²) in [4.78, 5) is 11.6. The summed E-state index contributed by atoms with van der Waals surface area (Å²) in [5.74, 6) is 0. The van der Waals surface area contributed by atoms with E-state index >= 15 is 0 Å². The zero-order valence-corrected chi connectivity index (χ0v) is 15.5. The van der Waals surface area contributed by atoms with Crippen molar-refractivity contribution >= 4 is 50.9 Å². The highest BCUT2D eigenvalue weighted by Gasteiger charge is 2.17. The number of alkyl carbamates (subject to hydrolysis) is 1. The Morgan fingerprint density at radius 2 is 1.86 bits per heavy atom. The van der Waals surface area contributed by atoms with E-state index in [4.69, 9.17) is 27.9 Å². The number of rotatable bonds is 4. The fraction of sp³-hybridized carbons (Fsp3) is 0.500. The van der Waals surface area contributed by atoms with Gasteiger partial charge in [-0.25, -0.2) is 4.79 Å². The predicted octanol–water partition coefficient (Wildman–Crippen LogP) is 5.08. The van der Waals surface area contributed by atoms with Crippen LogP contribution < -0.4 is 10.6 Å². The highest BCUT2D eigenvalue weighted by molar-refractivity contribution is 9.10. The number of halogens is 3. The minimum Gasteiger partial charge on any atom is -0.444 e. The summed E-state index contributed by atoms with van der Waals surface area (Å²) in [6.45, 7) is 7.74. The summed E-state index contributed by atoms with van der Waals surface area (Å²) < 4.78 is 5.97. The third-order valence-corrected chi connectivity index (χ3v) is 3.40. The van der Waals surface area contributed by atoms with Crippen LogP contribution in [0.2, 0.25) is 10.0 Å². The van der Waals surface area contributed by atoms with E-state index < -0.39 is 11.7 Å². The number of amides is 1. The summed E-state index contributed by atoms with van der Waals surface area (Å²) in [7, 11) is 0. The van der Waals surface area contributed by atoms with Gasteiger partial charge in [-0.3, -0.25) is 0 Å². The lowest BCUT2D eigenvalue weighted by molar-refractivity contribution is 0.0526. The third kappa shape index (κ3) is 6.76. The SMILES string of the molecule is CC(CNC(=O)OC(C)(C)C)Nc1c(Cl)cc(Br)cc1Cl. The Bertz CT molecular complexity index is 495. The van der Waals surface area contributed by atoms with Gasteiger partial charge in [0.2, 0.25) is 0 Å². The number of carbonyl (C=O) groups excluding carboxylic acids is 1. The minimum absolute atomic E-state index is 0.0614. The van der Waals surface area contributed by atoms with Crippen LogP contribution in [-0.4, -0.2) is 24.3 Å². The maximum Gasteiger partial charge on any atom is 0.407 e. The quantitative estimate of drug-likeness (QED) is 0.744. The Hall–Kier alpha value is -0.650. The van der Waals surface area contributed by atoms with E-state index in [0.717, 1.165) is 4.47 Å². The van der Waals surface area contributed by atoms with Gasteiger partial charge in [-0.1, -0.05) is 39.1 Å². The number of ether oxygens (including phenoxy) is 1. The molecule has 0 aromatic heterocycles. The Kier molecular flexibility index (Phi) is 6.63. The van der Waals surface area contributed by atoms with Gasteiger partial charge in [-0.2, -0.15) is 0 Å². The molecule has 1 rings (SSSR count). The van der Waals surface area contributed by atoms with E-state index in [1.54, 1.807) is 12.1 Å². The number of benzene rings is 1. The number of carbonyl (C=O) groups is 1. The lowest BCUT2D eigenvalue weighted by Gasteiger charge is -2.22. The molecule has 4 nitrogen and oxygen atoms in total. The number of nitrogens with one attached hydrogen (secondary N) is 2. The van der Waals surface area contributed by atoms with Crippen molar-refractivity contribution in [3.8, 4) is 0 Å². The van der Waals surface area contributed by atoms with Crippen molar-refractivity contribution in [2.24, 2.45) is 0 Å². The molecule has 0 aliphatic rings. The van der Waals surface area contributed by atoms with Crippen molar-refractivity contribution < 1.29 is 9.53 Å². The first-order valence-electron chi connectivity index (χ1n) is 6.46. The summed E-state index contributed by atoms with van der Waals surface area (Å²) in [6.07, 6.45) is -0.454. The lowest BCUT2D eigenvalue weighted by atomic mass is 10.2. The van der Waals surface area contributed by atoms with Crippen LogP contribution in [0.15, 0.2) is 16.6 Å². The molecule has 1 aromatic carbocycles. The normalized spacial score (nSPS) is 12.7. The summed E-state index contributed by atoms with van der Waals surface area (Å²) in [6, 6.07) is 3.45. The summed E-state index contributed by atoms with van der Waals surface area (Å²) in [5.41, 5.74) is 0.124. The van der Waals surface area contributed by atoms with Crippen molar-refractivity contribution in [1.29, 1.82) is 0 Å². The van der Waals surface area contributed by atoms with Crippen molar-refractivity contribution in [1.82, 2.24) is 5.32 Å². The molecule has 1 atom stereocenters. The molecule has 7 heteroatoms. The zero-order valence-electron chi connectivity index (χ0n) is 12.4. The van der Waals surface area contributed by atoms with Gasteiger partial charge in [0, 0.05) is 17.1 Å². The monoisotopic (exact) mass is 396 g/mol. The van der Waals surface area contributed by atoms with Crippen molar-refractivity contribution in [3.63, 3.8) is 0 Å². The maximum atomic E-state index is 11.6. The van der Waals surface area contributed by atoms with E-state index in [2.05, 4.69) is 26.6 Å². The second-order valence-corrected chi connectivity index (χ2v) is 7.40. The molecule has 21 heavy (non-hydrogen) atoms. The summed E-state index contributed by atoms with van der Waals surface area (Å²) >= 11 is 15.6. The lowest BCUT2D eigenvalue weighted by Crippen LogP contribution is -2.38. The second kappa shape index (κ2) is 7.56. The summed E-state index contributed by atoms with van der Waals surface area (Å²) in [5, 5.41) is 6.88. The van der Waals surface area contributed by atoms with E-state index in [1.807, 2.05) is 27.7 Å². The molecule has 0 aliphatic heterocycles. The second-order valence-electron chi connectivity index (χ2n) is 5.67. The van der Waals surface area contributed by atoms with Crippen LogP contribution in [0.4, 0.5) is 10.5 Å². The maximum absolute atomic E-state index is 11.6. The molecule has 0 saturated carbocycles. The molecule has 0 aliphatic carbocycles. The standard InChI is InChI=1S/C14H19BrCl2N2O2/c1-8(7-18-13(20)21-14(2,3)4)19-12-10(16)5-9(15)6-11(12)17/h5-6,8,19H,7H2,1-4H3,(H,18,20). The van der Waals surface area contributed by atoms with Gasteiger partial charge in [0.25, 0.3) is 0 Å². The van der Waals surface area contributed by atoms with Crippen LogP contribution >= 0.6 is 39.1 Å². The van der Waals surface area contributed by atoms with Crippen molar-refractivity contribution in [2.45, 2.75) is 39.3 Å². The molecule has 0 spiro atoms. The molecule has 1 unspecified atom stereocenters. The molecule has 0 radical (unpaired) electrons. The zero-order chi connectivity index (χ0) is 16.2. The molecule has 2 N–H and O–H groups in total. The number of anilines is 1. The Morgan fingerprint density at radius 3 is 2.33 bits per heavy atom. The highest BCUT2D eigenvalue weighted by atomic mass is 79.9. The number of hydrogen-bond donors (Lipinski definition) is 2. The van der Waals surface area contributed by atoms with Crippen LogP contribution in [-0.2, 0) is 4.74 Å². The first kappa shape index (κ1) is 18.4. The first-order chi connectivity index (χ1) is 9.58. The van der Waals surface area contributed by atoms with Gasteiger partial charge >= 0.3 is 6.09 Å². The van der Waals surface area contributed by atoms with Gasteiger partial charge in [0.1, 0.15) is 5.60 Å². The third-order valence-electron chi connectivity index (χ3n) is 2.35. The number of hydrogen-bond acceptors (Lipinski definition) is 3. The van der Waals surface area contributed by atoms with E-state index in [-0.39, 0.29) is 6.04 Å². The van der Waals surface area contributed by atoms with E-state index in [9.17, 15) is 4.79 Å². The van der Waals surface area contributed by atoms with Gasteiger partial charge in [-0.05, 0) is 39.8 Å². The fourth-order valence-electron chi connectivity index (χ4n) is 1.53. The van der Waals surface area contributed by atoms with Crippen molar-refractivity contribution in [2.75, 3.05) is 11.9 Å². The van der Waals surface area contributed by atoms with Crippen LogP contribution in [0.5, 0.6) is 0 Å². The minimum atomic E-state index is -0.515. The molecular formula is C14H19BrCl2N2O2. The Morgan fingerprint density at radius 1 is 1.33 bits per heavy atom. The average Bonchev–Trinajstić information content (AvgIpc) is 2.29. The molecule has 118 valence electrons.